The highest BCUT2D eigenvalue weighted by Gasteiger charge is 2.29. The van der Waals surface area contributed by atoms with Crippen molar-refractivity contribution in [3.05, 3.63) is 35.6 Å². The zero-order valence-electron chi connectivity index (χ0n) is 11.2. The molecule has 1 unspecified atom stereocenters. The molecule has 1 aromatic carbocycles. The van der Waals surface area contributed by atoms with Crippen LogP contribution < -0.4 is 5.73 Å². The molecule has 1 aromatic rings. The van der Waals surface area contributed by atoms with E-state index in [1.807, 2.05) is 13.0 Å². The van der Waals surface area contributed by atoms with Gasteiger partial charge < -0.3 is 10.6 Å². The number of rotatable bonds is 3. The number of likely N-dealkylation sites (N-methyl/N-ethyl adjacent to an activating group) is 1. The van der Waals surface area contributed by atoms with Crippen molar-refractivity contribution in [1.82, 2.24) is 9.80 Å². The monoisotopic (exact) mass is 251 g/mol. The first-order valence-corrected chi connectivity index (χ1v) is 6.44. The molecular weight excluding hydrogens is 229 g/mol. The van der Waals surface area contributed by atoms with E-state index < -0.39 is 5.66 Å². The van der Waals surface area contributed by atoms with Gasteiger partial charge in [-0.25, -0.2) is 4.39 Å². The topological polar surface area (TPSA) is 32.5 Å². The Morgan fingerprint density at radius 2 is 1.94 bits per heavy atom. The standard InChI is InChI=1S/C14H22FN3/c1-14(16,18-8-6-17(2)7-9-18)11-12-4-3-5-13(15)10-12/h3-5,10H,6-9,11,16H2,1-2H3. The SMILES string of the molecule is CN1CCN(C(C)(N)Cc2cccc(F)c2)CC1. The molecule has 1 atom stereocenters. The van der Waals surface area contributed by atoms with Crippen LogP contribution in [0.4, 0.5) is 4.39 Å². The largest absolute Gasteiger partial charge is 0.313 e. The van der Waals surface area contributed by atoms with Gasteiger partial charge in [-0.3, -0.25) is 4.90 Å². The van der Waals surface area contributed by atoms with Gasteiger partial charge in [0.25, 0.3) is 0 Å². The van der Waals surface area contributed by atoms with Gasteiger partial charge in [0.15, 0.2) is 0 Å². The molecule has 100 valence electrons. The summed E-state index contributed by atoms with van der Waals surface area (Å²) in [6.45, 7) is 6.05. The molecule has 1 saturated heterocycles. The molecular formula is C14H22FN3. The average molecular weight is 251 g/mol. The Labute approximate surface area is 108 Å². The average Bonchev–Trinajstić information content (AvgIpc) is 2.29. The summed E-state index contributed by atoms with van der Waals surface area (Å²) in [4.78, 5) is 4.59. The van der Waals surface area contributed by atoms with Crippen molar-refractivity contribution in [2.45, 2.75) is 19.0 Å². The fraction of sp³-hybridized carbons (Fsp3) is 0.571. The van der Waals surface area contributed by atoms with Crippen LogP contribution in [0.5, 0.6) is 0 Å². The molecule has 0 aliphatic carbocycles. The molecule has 0 amide bonds. The lowest BCUT2D eigenvalue weighted by molar-refractivity contribution is 0.0546. The summed E-state index contributed by atoms with van der Waals surface area (Å²) >= 11 is 0. The quantitative estimate of drug-likeness (QED) is 0.878. The van der Waals surface area contributed by atoms with Gasteiger partial charge >= 0.3 is 0 Å². The molecule has 3 nitrogen and oxygen atoms in total. The number of benzene rings is 1. The second kappa shape index (κ2) is 5.34. The third-order valence-corrected chi connectivity index (χ3v) is 3.68. The minimum absolute atomic E-state index is 0.193. The highest BCUT2D eigenvalue weighted by molar-refractivity contribution is 5.18. The van der Waals surface area contributed by atoms with Gasteiger partial charge in [0, 0.05) is 32.6 Å². The van der Waals surface area contributed by atoms with Gasteiger partial charge in [0.05, 0.1) is 5.66 Å². The number of nitrogens with zero attached hydrogens (tertiary/aromatic N) is 2. The Kier molecular flexibility index (Phi) is 4.00. The molecule has 4 heteroatoms. The summed E-state index contributed by atoms with van der Waals surface area (Å²) < 4.78 is 13.2. The highest BCUT2D eigenvalue weighted by Crippen LogP contribution is 2.18. The maximum Gasteiger partial charge on any atom is 0.123 e. The van der Waals surface area contributed by atoms with Crippen molar-refractivity contribution in [2.24, 2.45) is 5.73 Å². The number of hydrogen-bond donors (Lipinski definition) is 1. The van der Waals surface area contributed by atoms with Crippen LogP contribution in [0.25, 0.3) is 0 Å². The lowest BCUT2D eigenvalue weighted by Crippen LogP contribution is -2.60. The van der Waals surface area contributed by atoms with E-state index in [1.165, 1.54) is 6.07 Å². The van der Waals surface area contributed by atoms with Crippen LogP contribution >= 0.6 is 0 Å². The summed E-state index contributed by atoms with van der Waals surface area (Å²) in [6.07, 6.45) is 0.675. The summed E-state index contributed by atoms with van der Waals surface area (Å²) in [5.74, 6) is -0.193. The van der Waals surface area contributed by atoms with Crippen molar-refractivity contribution in [3.63, 3.8) is 0 Å². The lowest BCUT2D eigenvalue weighted by Gasteiger charge is -2.43. The van der Waals surface area contributed by atoms with Crippen molar-refractivity contribution in [2.75, 3.05) is 33.2 Å². The van der Waals surface area contributed by atoms with Crippen molar-refractivity contribution < 1.29 is 4.39 Å². The highest BCUT2D eigenvalue weighted by atomic mass is 19.1. The molecule has 0 saturated carbocycles. The van der Waals surface area contributed by atoms with Gasteiger partial charge in [-0.1, -0.05) is 12.1 Å². The van der Waals surface area contributed by atoms with Crippen LogP contribution in [0.2, 0.25) is 0 Å². The van der Waals surface area contributed by atoms with E-state index in [4.69, 9.17) is 5.73 Å². The van der Waals surface area contributed by atoms with Gasteiger partial charge in [-0.2, -0.15) is 0 Å². The van der Waals surface area contributed by atoms with Gasteiger partial charge in [-0.15, -0.1) is 0 Å². The number of halogens is 1. The van der Waals surface area contributed by atoms with Crippen molar-refractivity contribution in [1.29, 1.82) is 0 Å². The second-order valence-electron chi connectivity index (χ2n) is 5.45. The van der Waals surface area contributed by atoms with Crippen LogP contribution in [0, 0.1) is 5.82 Å². The molecule has 1 aliphatic rings. The molecule has 0 aromatic heterocycles. The van der Waals surface area contributed by atoms with E-state index in [9.17, 15) is 4.39 Å². The fourth-order valence-electron chi connectivity index (χ4n) is 2.49. The summed E-state index contributed by atoms with van der Waals surface area (Å²) in [7, 11) is 2.12. The third kappa shape index (κ3) is 3.28. The normalized spacial score (nSPS) is 21.8. The Morgan fingerprint density at radius 1 is 1.28 bits per heavy atom. The third-order valence-electron chi connectivity index (χ3n) is 3.68. The van der Waals surface area contributed by atoms with Crippen molar-refractivity contribution >= 4 is 0 Å². The van der Waals surface area contributed by atoms with Crippen LogP contribution in [-0.2, 0) is 6.42 Å². The van der Waals surface area contributed by atoms with E-state index in [2.05, 4.69) is 16.8 Å². The first-order valence-electron chi connectivity index (χ1n) is 6.44. The zero-order chi connectivity index (χ0) is 13.2. The van der Waals surface area contributed by atoms with Crippen LogP contribution in [-0.4, -0.2) is 48.7 Å². The zero-order valence-corrected chi connectivity index (χ0v) is 11.2. The van der Waals surface area contributed by atoms with Gasteiger partial charge in [0.2, 0.25) is 0 Å². The minimum atomic E-state index is -0.408. The van der Waals surface area contributed by atoms with Gasteiger partial charge in [-0.05, 0) is 31.7 Å². The lowest BCUT2D eigenvalue weighted by atomic mass is 9.99. The summed E-state index contributed by atoms with van der Waals surface area (Å²) in [5, 5.41) is 0. The second-order valence-corrected chi connectivity index (χ2v) is 5.45. The molecule has 0 spiro atoms. The molecule has 2 N–H and O–H groups in total. The van der Waals surface area contributed by atoms with E-state index in [0.717, 1.165) is 31.7 Å². The number of nitrogens with two attached hydrogens (primary N) is 1. The molecule has 1 heterocycles. The smallest absolute Gasteiger partial charge is 0.123 e. The number of hydrogen-bond acceptors (Lipinski definition) is 3. The first-order chi connectivity index (χ1) is 8.47. The Balaban J connectivity index is 2.02. The molecule has 0 bridgehead atoms. The predicted molar refractivity (Wildman–Crippen MR) is 71.8 cm³/mol. The number of piperazine rings is 1. The van der Waals surface area contributed by atoms with Gasteiger partial charge in [0.1, 0.15) is 5.82 Å². The molecule has 1 aliphatic heterocycles. The van der Waals surface area contributed by atoms with Crippen LogP contribution in [0.1, 0.15) is 12.5 Å². The molecule has 1 fully saturated rings. The Hall–Kier alpha value is -0.970. The molecule has 18 heavy (non-hydrogen) atoms. The first kappa shape index (κ1) is 13.5. The molecule has 2 rings (SSSR count). The van der Waals surface area contributed by atoms with Crippen LogP contribution in [0.3, 0.4) is 0 Å². The summed E-state index contributed by atoms with van der Waals surface area (Å²) in [6, 6.07) is 6.71. The van der Waals surface area contributed by atoms with Crippen molar-refractivity contribution in [3.8, 4) is 0 Å². The molecule has 0 radical (unpaired) electrons. The Bertz CT molecular complexity index is 398. The minimum Gasteiger partial charge on any atom is -0.313 e. The van der Waals surface area contributed by atoms with E-state index >= 15 is 0 Å². The maximum atomic E-state index is 13.2. The van der Waals surface area contributed by atoms with Crippen LogP contribution in [0.15, 0.2) is 24.3 Å². The predicted octanol–water partition coefficient (Wildman–Crippen LogP) is 1.29. The van der Waals surface area contributed by atoms with E-state index in [0.29, 0.717) is 6.42 Å². The van der Waals surface area contributed by atoms with E-state index in [1.54, 1.807) is 12.1 Å². The fourth-order valence-corrected chi connectivity index (χ4v) is 2.49. The van der Waals surface area contributed by atoms with E-state index in [-0.39, 0.29) is 5.82 Å². The maximum absolute atomic E-state index is 13.2. The summed E-state index contributed by atoms with van der Waals surface area (Å²) in [5.41, 5.74) is 6.95. The Morgan fingerprint density at radius 3 is 2.56 bits per heavy atom.